The van der Waals surface area contributed by atoms with Gasteiger partial charge in [0.15, 0.2) is 0 Å². The maximum Gasteiger partial charge on any atom is 0.326 e. The Kier molecular flexibility index (Phi) is 4.24. The summed E-state index contributed by atoms with van der Waals surface area (Å²) >= 11 is 1.50. The molecule has 0 aliphatic heterocycles. The van der Waals surface area contributed by atoms with Gasteiger partial charge >= 0.3 is 5.97 Å². The quantitative estimate of drug-likeness (QED) is 0.816. The minimum absolute atomic E-state index is 0.0172. The molecule has 2 heterocycles. The number of carboxylic acid groups (broad SMARTS) is 1. The van der Waals surface area contributed by atoms with Gasteiger partial charge in [-0.25, -0.2) is 9.78 Å². The highest BCUT2D eigenvalue weighted by Gasteiger charge is 2.30. The number of rotatable bonds is 7. The van der Waals surface area contributed by atoms with Crippen molar-refractivity contribution in [2.45, 2.75) is 31.7 Å². The third-order valence-electron chi connectivity index (χ3n) is 3.52. The zero-order valence-corrected chi connectivity index (χ0v) is 12.6. The molecule has 0 bridgehead atoms. The summed E-state index contributed by atoms with van der Waals surface area (Å²) in [5.74, 6) is -0.428. The van der Waals surface area contributed by atoms with Gasteiger partial charge in [-0.15, -0.1) is 11.3 Å². The molecule has 0 aromatic carbocycles. The van der Waals surface area contributed by atoms with Crippen molar-refractivity contribution in [3.05, 3.63) is 29.5 Å². The van der Waals surface area contributed by atoms with Gasteiger partial charge in [-0.1, -0.05) is 18.9 Å². The summed E-state index contributed by atoms with van der Waals surface area (Å²) in [4.78, 5) is 28.3. The van der Waals surface area contributed by atoms with E-state index >= 15 is 0 Å². The summed E-state index contributed by atoms with van der Waals surface area (Å²) in [6.07, 6.45) is 4.05. The SMILES string of the molecule is O=C(Cc1coc(-c2cccs2)n1)NC(CC1CC1)C(=O)O. The van der Waals surface area contributed by atoms with E-state index in [9.17, 15) is 9.59 Å². The number of nitrogens with zero attached hydrogens (tertiary/aromatic N) is 1. The van der Waals surface area contributed by atoms with Crippen LogP contribution in [-0.2, 0) is 16.0 Å². The monoisotopic (exact) mass is 320 g/mol. The number of carbonyl (C=O) groups is 2. The number of hydrogen-bond donors (Lipinski definition) is 2. The van der Waals surface area contributed by atoms with E-state index in [1.807, 2.05) is 17.5 Å². The zero-order valence-electron chi connectivity index (χ0n) is 11.8. The Morgan fingerprint density at radius 3 is 2.95 bits per heavy atom. The van der Waals surface area contributed by atoms with Crippen LogP contribution in [0.2, 0.25) is 0 Å². The van der Waals surface area contributed by atoms with Gasteiger partial charge in [0.05, 0.1) is 17.0 Å². The van der Waals surface area contributed by atoms with Crippen molar-refractivity contribution in [2.24, 2.45) is 5.92 Å². The minimum atomic E-state index is -0.986. The summed E-state index contributed by atoms with van der Waals surface area (Å²) in [6, 6.07) is 2.96. The zero-order chi connectivity index (χ0) is 15.5. The fourth-order valence-corrected chi connectivity index (χ4v) is 2.88. The Bertz CT molecular complexity index is 661. The van der Waals surface area contributed by atoms with Gasteiger partial charge in [-0.05, 0) is 23.8 Å². The molecule has 1 unspecified atom stereocenters. The van der Waals surface area contributed by atoms with Crippen molar-refractivity contribution in [1.82, 2.24) is 10.3 Å². The number of aliphatic carboxylic acids is 1. The average Bonchev–Trinajstić information content (AvgIpc) is 2.95. The highest BCUT2D eigenvalue weighted by molar-refractivity contribution is 7.13. The van der Waals surface area contributed by atoms with Gasteiger partial charge in [0.2, 0.25) is 11.8 Å². The number of carboxylic acids is 1. The Morgan fingerprint density at radius 1 is 1.50 bits per heavy atom. The molecule has 22 heavy (non-hydrogen) atoms. The van der Waals surface area contributed by atoms with Crippen LogP contribution in [0.25, 0.3) is 10.8 Å². The van der Waals surface area contributed by atoms with Gasteiger partial charge in [-0.2, -0.15) is 0 Å². The first kappa shape index (κ1) is 14.8. The Hall–Kier alpha value is -2.15. The molecule has 6 nitrogen and oxygen atoms in total. The van der Waals surface area contributed by atoms with Gasteiger partial charge in [0.1, 0.15) is 12.3 Å². The second kappa shape index (κ2) is 6.31. The first-order chi connectivity index (χ1) is 10.6. The second-order valence-electron chi connectivity index (χ2n) is 5.44. The Labute approximate surface area is 131 Å². The maximum atomic E-state index is 12.0. The molecule has 1 fully saturated rings. The van der Waals surface area contributed by atoms with Gasteiger partial charge in [0, 0.05) is 0 Å². The molecule has 2 aromatic heterocycles. The lowest BCUT2D eigenvalue weighted by Gasteiger charge is -2.13. The molecule has 1 amide bonds. The van der Waals surface area contributed by atoms with E-state index in [0.29, 0.717) is 23.9 Å². The average molecular weight is 320 g/mol. The summed E-state index contributed by atoms with van der Waals surface area (Å²) in [7, 11) is 0. The summed E-state index contributed by atoms with van der Waals surface area (Å²) in [6.45, 7) is 0. The standard InChI is InChI=1S/C15H16N2O4S/c18-13(17-11(15(19)20)6-9-3-4-9)7-10-8-21-14(16-10)12-2-1-5-22-12/h1-2,5,8-9,11H,3-4,6-7H2,(H,17,18)(H,19,20). The molecule has 0 radical (unpaired) electrons. The number of aromatic nitrogens is 1. The van der Waals surface area contributed by atoms with E-state index in [2.05, 4.69) is 10.3 Å². The second-order valence-corrected chi connectivity index (χ2v) is 6.38. The number of nitrogens with one attached hydrogen (secondary N) is 1. The summed E-state index contributed by atoms with van der Waals surface area (Å²) < 4.78 is 5.34. The number of thiophene rings is 1. The normalized spacial score (nSPS) is 15.5. The fraction of sp³-hybridized carbons (Fsp3) is 0.400. The van der Waals surface area contributed by atoms with Crippen molar-refractivity contribution in [3.63, 3.8) is 0 Å². The van der Waals surface area contributed by atoms with Crippen LogP contribution in [0, 0.1) is 5.92 Å². The van der Waals surface area contributed by atoms with Gasteiger partial charge in [-0.3, -0.25) is 4.79 Å². The van der Waals surface area contributed by atoms with E-state index in [4.69, 9.17) is 9.52 Å². The number of amides is 1. The van der Waals surface area contributed by atoms with Crippen LogP contribution < -0.4 is 5.32 Å². The lowest BCUT2D eigenvalue weighted by molar-refractivity contribution is -0.142. The Balaban J connectivity index is 1.57. The molecule has 7 heteroatoms. The van der Waals surface area contributed by atoms with Crippen LogP contribution in [0.5, 0.6) is 0 Å². The van der Waals surface area contributed by atoms with Crippen LogP contribution in [-0.4, -0.2) is 28.0 Å². The lowest BCUT2D eigenvalue weighted by atomic mass is 10.1. The predicted octanol–water partition coefficient (Wildman–Crippen LogP) is 2.32. The molecule has 116 valence electrons. The highest BCUT2D eigenvalue weighted by Crippen LogP contribution is 2.33. The summed E-state index contributed by atoms with van der Waals surface area (Å²) in [5, 5.41) is 13.6. The molecule has 1 atom stereocenters. The van der Waals surface area contributed by atoms with E-state index < -0.39 is 12.0 Å². The predicted molar refractivity (Wildman–Crippen MR) is 80.4 cm³/mol. The van der Waals surface area contributed by atoms with Crippen LogP contribution in [0.4, 0.5) is 0 Å². The Morgan fingerprint density at radius 2 is 2.32 bits per heavy atom. The molecule has 1 aliphatic carbocycles. The van der Waals surface area contributed by atoms with Crippen LogP contribution in [0.15, 0.2) is 28.2 Å². The molecule has 1 saturated carbocycles. The van der Waals surface area contributed by atoms with Crippen molar-refractivity contribution in [2.75, 3.05) is 0 Å². The third kappa shape index (κ3) is 3.73. The summed E-state index contributed by atoms with van der Waals surface area (Å²) in [5.41, 5.74) is 0.497. The number of oxazole rings is 1. The number of carbonyl (C=O) groups excluding carboxylic acids is 1. The van der Waals surface area contributed by atoms with Gasteiger partial charge in [0.25, 0.3) is 0 Å². The molecule has 0 saturated heterocycles. The molecule has 2 N–H and O–H groups in total. The molecule has 1 aliphatic rings. The van der Waals surface area contributed by atoms with Crippen LogP contribution in [0.3, 0.4) is 0 Å². The molecule has 0 spiro atoms. The van der Waals surface area contributed by atoms with Crippen molar-refractivity contribution in [1.29, 1.82) is 0 Å². The topological polar surface area (TPSA) is 92.4 Å². The van der Waals surface area contributed by atoms with E-state index in [1.165, 1.54) is 17.6 Å². The number of hydrogen-bond acceptors (Lipinski definition) is 5. The molecular weight excluding hydrogens is 304 g/mol. The van der Waals surface area contributed by atoms with Crippen molar-refractivity contribution < 1.29 is 19.1 Å². The largest absolute Gasteiger partial charge is 0.480 e. The molecular formula is C15H16N2O4S. The first-order valence-corrected chi connectivity index (χ1v) is 8.00. The first-order valence-electron chi connectivity index (χ1n) is 7.12. The van der Waals surface area contributed by atoms with E-state index in [-0.39, 0.29) is 12.3 Å². The maximum absolute atomic E-state index is 12.0. The van der Waals surface area contributed by atoms with Gasteiger partial charge < -0.3 is 14.8 Å². The van der Waals surface area contributed by atoms with Crippen molar-refractivity contribution >= 4 is 23.2 Å². The molecule has 3 rings (SSSR count). The molecule has 2 aromatic rings. The van der Waals surface area contributed by atoms with Crippen LogP contribution >= 0.6 is 11.3 Å². The fourth-order valence-electron chi connectivity index (χ4n) is 2.22. The third-order valence-corrected chi connectivity index (χ3v) is 4.38. The lowest BCUT2D eigenvalue weighted by Crippen LogP contribution is -2.41. The van der Waals surface area contributed by atoms with Crippen molar-refractivity contribution in [3.8, 4) is 10.8 Å². The van der Waals surface area contributed by atoms with E-state index in [0.717, 1.165) is 17.7 Å². The smallest absolute Gasteiger partial charge is 0.326 e. The highest BCUT2D eigenvalue weighted by atomic mass is 32.1. The van der Waals surface area contributed by atoms with E-state index in [1.54, 1.807) is 0 Å². The minimum Gasteiger partial charge on any atom is -0.480 e. The van der Waals surface area contributed by atoms with Crippen LogP contribution in [0.1, 0.15) is 25.0 Å².